The number of nitrogens with zero attached hydrogens (tertiary/aromatic N) is 1. The number of hydrogen-bond donors (Lipinski definition) is 1. The standard InChI is InChI=1S/C16H25ClN2/c1-4-16(3)7-9-19(10-8-16)15-6-5-13(12(2)18)11-14(15)17/h5-6,11-12H,4,7-10,18H2,1-3H3/t12-/m0/s1. The summed E-state index contributed by atoms with van der Waals surface area (Å²) in [4.78, 5) is 2.41. The number of nitrogens with two attached hydrogens (primary N) is 1. The molecule has 0 radical (unpaired) electrons. The molecule has 0 saturated carbocycles. The minimum Gasteiger partial charge on any atom is -0.370 e. The average molecular weight is 281 g/mol. The molecule has 106 valence electrons. The lowest BCUT2D eigenvalue weighted by Crippen LogP contribution is -2.38. The molecule has 1 aromatic carbocycles. The first-order valence-corrected chi connectivity index (χ1v) is 7.63. The zero-order valence-corrected chi connectivity index (χ0v) is 13.0. The largest absolute Gasteiger partial charge is 0.370 e. The summed E-state index contributed by atoms with van der Waals surface area (Å²) in [6.45, 7) is 8.87. The van der Waals surface area contributed by atoms with Crippen molar-refractivity contribution in [3.05, 3.63) is 28.8 Å². The molecule has 0 aliphatic carbocycles. The van der Waals surface area contributed by atoms with Crippen LogP contribution >= 0.6 is 11.6 Å². The summed E-state index contributed by atoms with van der Waals surface area (Å²) in [7, 11) is 0. The van der Waals surface area contributed by atoms with Crippen LogP contribution in [-0.4, -0.2) is 13.1 Å². The Labute approximate surface area is 121 Å². The normalized spacial score (nSPS) is 20.4. The van der Waals surface area contributed by atoms with E-state index in [-0.39, 0.29) is 6.04 Å². The Morgan fingerprint density at radius 3 is 2.47 bits per heavy atom. The van der Waals surface area contributed by atoms with Gasteiger partial charge in [-0.25, -0.2) is 0 Å². The van der Waals surface area contributed by atoms with E-state index >= 15 is 0 Å². The van der Waals surface area contributed by atoms with Gasteiger partial charge in [-0.1, -0.05) is 37.9 Å². The van der Waals surface area contributed by atoms with Gasteiger partial charge in [-0.3, -0.25) is 0 Å². The van der Waals surface area contributed by atoms with Gasteiger partial charge >= 0.3 is 0 Å². The Bertz CT molecular complexity index is 434. The summed E-state index contributed by atoms with van der Waals surface area (Å²) in [5.74, 6) is 0. The fraction of sp³-hybridized carbons (Fsp3) is 0.625. The molecule has 0 bridgehead atoms. The summed E-state index contributed by atoms with van der Waals surface area (Å²) in [6.07, 6.45) is 3.75. The van der Waals surface area contributed by atoms with Gasteiger partial charge in [0, 0.05) is 19.1 Å². The topological polar surface area (TPSA) is 29.3 Å². The first-order chi connectivity index (χ1) is 8.95. The highest BCUT2D eigenvalue weighted by Gasteiger charge is 2.28. The van der Waals surface area contributed by atoms with E-state index in [9.17, 15) is 0 Å². The molecule has 2 N–H and O–H groups in total. The van der Waals surface area contributed by atoms with Crippen LogP contribution in [0.4, 0.5) is 5.69 Å². The summed E-state index contributed by atoms with van der Waals surface area (Å²) >= 11 is 6.41. The van der Waals surface area contributed by atoms with Crippen molar-refractivity contribution >= 4 is 17.3 Å². The van der Waals surface area contributed by atoms with Crippen LogP contribution in [0.25, 0.3) is 0 Å². The maximum absolute atomic E-state index is 6.41. The smallest absolute Gasteiger partial charge is 0.0642 e. The molecule has 1 atom stereocenters. The third-order valence-electron chi connectivity index (χ3n) is 4.66. The van der Waals surface area contributed by atoms with Crippen molar-refractivity contribution in [2.45, 2.75) is 46.1 Å². The van der Waals surface area contributed by atoms with Crippen LogP contribution in [0.3, 0.4) is 0 Å². The predicted octanol–water partition coefficient (Wildman–Crippen LogP) is 4.38. The molecule has 0 amide bonds. The van der Waals surface area contributed by atoms with Gasteiger partial charge in [0.2, 0.25) is 0 Å². The molecule has 3 heteroatoms. The Balaban J connectivity index is 2.12. The molecular weight excluding hydrogens is 256 g/mol. The van der Waals surface area contributed by atoms with E-state index in [1.54, 1.807) is 0 Å². The molecule has 0 spiro atoms. The van der Waals surface area contributed by atoms with Gasteiger partial charge in [0.1, 0.15) is 0 Å². The van der Waals surface area contributed by atoms with Crippen molar-refractivity contribution in [1.82, 2.24) is 0 Å². The zero-order chi connectivity index (χ0) is 14.0. The van der Waals surface area contributed by atoms with Gasteiger partial charge in [0.25, 0.3) is 0 Å². The van der Waals surface area contributed by atoms with E-state index in [1.165, 1.54) is 19.3 Å². The fourth-order valence-electron chi connectivity index (χ4n) is 2.70. The van der Waals surface area contributed by atoms with Gasteiger partial charge in [-0.05, 0) is 42.9 Å². The molecule has 19 heavy (non-hydrogen) atoms. The van der Waals surface area contributed by atoms with Crippen molar-refractivity contribution in [3.8, 4) is 0 Å². The number of rotatable bonds is 3. The quantitative estimate of drug-likeness (QED) is 0.890. The third kappa shape index (κ3) is 3.24. The third-order valence-corrected chi connectivity index (χ3v) is 4.97. The van der Waals surface area contributed by atoms with Gasteiger partial charge in [-0.2, -0.15) is 0 Å². The van der Waals surface area contributed by atoms with E-state index in [4.69, 9.17) is 17.3 Å². The van der Waals surface area contributed by atoms with Crippen LogP contribution in [0.5, 0.6) is 0 Å². The predicted molar refractivity (Wildman–Crippen MR) is 83.9 cm³/mol. The Morgan fingerprint density at radius 2 is 2.00 bits per heavy atom. The van der Waals surface area contributed by atoms with Gasteiger partial charge in [-0.15, -0.1) is 0 Å². The summed E-state index contributed by atoms with van der Waals surface area (Å²) in [5.41, 5.74) is 8.66. The number of anilines is 1. The molecule has 1 saturated heterocycles. The molecule has 2 rings (SSSR count). The minimum absolute atomic E-state index is 0.0382. The van der Waals surface area contributed by atoms with E-state index < -0.39 is 0 Å². The second-order valence-corrected chi connectivity index (χ2v) is 6.56. The molecule has 1 fully saturated rings. The number of hydrogen-bond acceptors (Lipinski definition) is 2. The highest BCUT2D eigenvalue weighted by atomic mass is 35.5. The van der Waals surface area contributed by atoms with Gasteiger partial charge in [0.05, 0.1) is 10.7 Å². The number of benzene rings is 1. The Morgan fingerprint density at radius 1 is 1.37 bits per heavy atom. The SMILES string of the molecule is CCC1(C)CCN(c2ccc([C@H](C)N)cc2Cl)CC1. The number of piperidine rings is 1. The highest BCUT2D eigenvalue weighted by molar-refractivity contribution is 6.33. The van der Waals surface area contributed by atoms with Crippen molar-refractivity contribution in [1.29, 1.82) is 0 Å². The molecule has 1 aliphatic rings. The van der Waals surface area contributed by atoms with Gasteiger partial charge in [0.15, 0.2) is 0 Å². The minimum atomic E-state index is 0.0382. The summed E-state index contributed by atoms with van der Waals surface area (Å²) in [5, 5.41) is 0.829. The van der Waals surface area contributed by atoms with E-state index in [0.29, 0.717) is 5.41 Å². The maximum Gasteiger partial charge on any atom is 0.0642 e. The lowest BCUT2D eigenvalue weighted by Gasteiger charge is -2.40. The van der Waals surface area contributed by atoms with Crippen molar-refractivity contribution in [2.24, 2.45) is 11.1 Å². The fourth-order valence-corrected chi connectivity index (χ4v) is 3.01. The molecule has 1 aliphatic heterocycles. The van der Waals surface area contributed by atoms with Crippen molar-refractivity contribution in [3.63, 3.8) is 0 Å². The molecule has 0 unspecified atom stereocenters. The molecular formula is C16H25ClN2. The first kappa shape index (κ1) is 14.7. The van der Waals surface area contributed by atoms with Crippen LogP contribution < -0.4 is 10.6 Å². The average Bonchev–Trinajstić information content (AvgIpc) is 2.40. The number of halogens is 1. The second kappa shape index (κ2) is 5.72. The lowest BCUT2D eigenvalue weighted by atomic mass is 9.78. The van der Waals surface area contributed by atoms with E-state index in [0.717, 1.165) is 29.4 Å². The van der Waals surface area contributed by atoms with Crippen molar-refractivity contribution in [2.75, 3.05) is 18.0 Å². The first-order valence-electron chi connectivity index (χ1n) is 7.25. The van der Waals surface area contributed by atoms with Crippen LogP contribution in [0, 0.1) is 5.41 Å². The van der Waals surface area contributed by atoms with E-state index in [2.05, 4.69) is 30.9 Å². The van der Waals surface area contributed by atoms with Gasteiger partial charge < -0.3 is 10.6 Å². The molecule has 0 aromatic heterocycles. The molecule has 2 nitrogen and oxygen atoms in total. The van der Waals surface area contributed by atoms with Crippen molar-refractivity contribution < 1.29 is 0 Å². The maximum atomic E-state index is 6.41. The lowest BCUT2D eigenvalue weighted by molar-refractivity contribution is 0.238. The van der Waals surface area contributed by atoms with Crippen LogP contribution in [-0.2, 0) is 0 Å². The second-order valence-electron chi connectivity index (χ2n) is 6.15. The Kier molecular flexibility index (Phi) is 4.42. The molecule has 1 aromatic rings. The van der Waals surface area contributed by atoms with E-state index in [1.807, 2.05) is 13.0 Å². The summed E-state index contributed by atoms with van der Waals surface area (Å²) < 4.78 is 0. The monoisotopic (exact) mass is 280 g/mol. The summed E-state index contributed by atoms with van der Waals surface area (Å²) in [6, 6.07) is 6.26. The van der Waals surface area contributed by atoms with Crippen LogP contribution in [0.2, 0.25) is 5.02 Å². The van der Waals surface area contributed by atoms with Crippen LogP contribution in [0.1, 0.15) is 51.6 Å². The van der Waals surface area contributed by atoms with Crippen LogP contribution in [0.15, 0.2) is 18.2 Å². The Hall–Kier alpha value is -0.730. The zero-order valence-electron chi connectivity index (χ0n) is 12.2. The molecule has 1 heterocycles. The highest BCUT2D eigenvalue weighted by Crippen LogP contribution is 2.37.